The minimum Gasteiger partial charge on any atom is -0.364 e. The van der Waals surface area contributed by atoms with Gasteiger partial charge in [0.2, 0.25) is 11.8 Å². The Morgan fingerprint density at radius 1 is 1.05 bits per heavy atom. The number of anilines is 1. The maximum atomic E-state index is 13.9. The summed E-state index contributed by atoms with van der Waals surface area (Å²) in [6.45, 7) is 1.23. The first-order valence-electron chi connectivity index (χ1n) is 14.1. The second-order valence-electron chi connectivity index (χ2n) is 11.0. The number of piperidine rings is 1. The van der Waals surface area contributed by atoms with Crippen LogP contribution in [0.3, 0.4) is 0 Å². The molecule has 2 saturated heterocycles. The van der Waals surface area contributed by atoms with Crippen LogP contribution in [0.15, 0.2) is 48.7 Å². The second-order valence-corrected chi connectivity index (χ2v) is 11.0. The third-order valence-electron chi connectivity index (χ3n) is 8.38. The molecule has 3 aliphatic rings. The summed E-state index contributed by atoms with van der Waals surface area (Å²) in [7, 11) is 0. The Hall–Kier alpha value is -3.95. The van der Waals surface area contributed by atoms with Crippen LogP contribution < -0.4 is 16.0 Å². The Bertz CT molecular complexity index is 1240. The topological polar surface area (TPSA) is 129 Å². The van der Waals surface area contributed by atoms with Gasteiger partial charge in [-0.25, -0.2) is 0 Å². The van der Waals surface area contributed by atoms with Crippen LogP contribution in [0.25, 0.3) is 0 Å². The summed E-state index contributed by atoms with van der Waals surface area (Å²) < 4.78 is 0. The van der Waals surface area contributed by atoms with Crippen molar-refractivity contribution in [2.45, 2.75) is 62.9 Å². The molecule has 2 aliphatic heterocycles. The van der Waals surface area contributed by atoms with E-state index in [1.807, 2.05) is 30.3 Å². The highest BCUT2D eigenvalue weighted by Crippen LogP contribution is 2.39. The van der Waals surface area contributed by atoms with Crippen molar-refractivity contribution in [1.82, 2.24) is 20.1 Å². The maximum Gasteiger partial charge on any atom is 0.267 e. The molecular weight excluding hydrogens is 508 g/mol. The van der Waals surface area contributed by atoms with Gasteiger partial charge in [0.25, 0.3) is 11.8 Å². The van der Waals surface area contributed by atoms with Gasteiger partial charge in [-0.05, 0) is 61.9 Å². The van der Waals surface area contributed by atoms with Crippen molar-refractivity contribution in [2.24, 2.45) is 5.73 Å². The first-order valence-corrected chi connectivity index (χ1v) is 14.1. The first kappa shape index (κ1) is 27.6. The van der Waals surface area contributed by atoms with E-state index in [2.05, 4.69) is 15.2 Å². The predicted molar refractivity (Wildman–Crippen MR) is 150 cm³/mol. The van der Waals surface area contributed by atoms with Gasteiger partial charge in [0.05, 0.1) is 13.1 Å². The van der Waals surface area contributed by atoms with E-state index in [1.54, 1.807) is 28.4 Å². The third-order valence-corrected chi connectivity index (χ3v) is 8.38. The zero-order chi connectivity index (χ0) is 28.1. The first-order chi connectivity index (χ1) is 19.4. The Balaban J connectivity index is 1.23. The second kappa shape index (κ2) is 12.1. The number of carbonyl (C=O) groups excluding carboxylic acids is 4. The van der Waals surface area contributed by atoms with Crippen LogP contribution in [0.2, 0.25) is 0 Å². The van der Waals surface area contributed by atoms with Crippen molar-refractivity contribution in [2.75, 3.05) is 31.2 Å². The smallest absolute Gasteiger partial charge is 0.267 e. The molecule has 3 N–H and O–H groups in total. The highest BCUT2D eigenvalue weighted by molar-refractivity contribution is 5.96. The molecule has 1 saturated carbocycles. The lowest BCUT2D eigenvalue weighted by molar-refractivity contribution is -0.139. The lowest BCUT2D eigenvalue weighted by atomic mass is 9.85. The highest BCUT2D eigenvalue weighted by atomic mass is 16.2. The quantitative estimate of drug-likeness (QED) is 0.522. The van der Waals surface area contributed by atoms with Gasteiger partial charge in [0, 0.05) is 31.0 Å². The molecule has 1 aromatic carbocycles. The summed E-state index contributed by atoms with van der Waals surface area (Å²) in [4.78, 5) is 60.7. The van der Waals surface area contributed by atoms with E-state index in [0.29, 0.717) is 39.0 Å². The zero-order valence-electron chi connectivity index (χ0n) is 22.8. The minimum absolute atomic E-state index is 0.0378. The van der Waals surface area contributed by atoms with Crippen LogP contribution in [-0.4, -0.2) is 76.3 Å². The van der Waals surface area contributed by atoms with E-state index in [-0.39, 0.29) is 36.0 Å². The summed E-state index contributed by atoms with van der Waals surface area (Å²) in [6.07, 6.45) is 9.84. The monoisotopic (exact) mass is 545 g/mol. The van der Waals surface area contributed by atoms with E-state index < -0.39 is 11.4 Å². The summed E-state index contributed by atoms with van der Waals surface area (Å²) in [5.41, 5.74) is 6.38. The van der Waals surface area contributed by atoms with Gasteiger partial charge in [-0.1, -0.05) is 37.5 Å². The number of nitrogens with two attached hydrogens (primary N) is 1. The van der Waals surface area contributed by atoms with Gasteiger partial charge >= 0.3 is 0 Å². The number of hydrogen-bond donors (Lipinski definition) is 2. The molecule has 10 heteroatoms. The van der Waals surface area contributed by atoms with Crippen molar-refractivity contribution in [3.8, 4) is 0 Å². The Kier molecular flexibility index (Phi) is 8.32. The van der Waals surface area contributed by atoms with Crippen LogP contribution in [0, 0.1) is 6.42 Å². The number of hydrogen-bond acceptors (Lipinski definition) is 6. The molecule has 3 fully saturated rings. The molecule has 0 unspecified atom stereocenters. The molecule has 5 rings (SSSR count). The molecule has 1 radical (unpaired) electrons. The molecule has 4 amide bonds. The van der Waals surface area contributed by atoms with E-state index in [4.69, 9.17) is 5.73 Å². The SMILES string of the molecule is NC(=O)c1cc(C[CH]C(=O)N2CCC3(CC2)C(=O)N(CC(=O)NC2CCCCC2)CN3c2ccccc2)ccn1. The molecule has 40 heavy (non-hydrogen) atoms. The van der Waals surface area contributed by atoms with Gasteiger partial charge in [0.15, 0.2) is 0 Å². The molecular formula is C30H37N6O4. The summed E-state index contributed by atoms with van der Waals surface area (Å²) in [6, 6.07) is 13.3. The minimum atomic E-state index is -0.801. The Labute approximate surface area is 234 Å². The third kappa shape index (κ3) is 5.95. The largest absolute Gasteiger partial charge is 0.364 e. The predicted octanol–water partition coefficient (Wildman–Crippen LogP) is 2.04. The summed E-state index contributed by atoms with van der Waals surface area (Å²) >= 11 is 0. The van der Waals surface area contributed by atoms with Crippen molar-refractivity contribution in [1.29, 1.82) is 0 Å². The Morgan fingerprint density at radius 2 is 1.77 bits per heavy atom. The maximum absolute atomic E-state index is 13.9. The molecule has 211 valence electrons. The van der Waals surface area contributed by atoms with E-state index in [0.717, 1.165) is 36.9 Å². The average Bonchev–Trinajstić information content (AvgIpc) is 3.23. The molecule has 1 aliphatic carbocycles. The molecule has 1 aromatic heterocycles. The van der Waals surface area contributed by atoms with E-state index >= 15 is 0 Å². The van der Waals surface area contributed by atoms with Crippen molar-refractivity contribution < 1.29 is 19.2 Å². The Morgan fingerprint density at radius 3 is 2.48 bits per heavy atom. The van der Waals surface area contributed by atoms with E-state index in [1.165, 1.54) is 12.6 Å². The summed E-state index contributed by atoms with van der Waals surface area (Å²) in [5, 5.41) is 3.13. The molecule has 2 aromatic rings. The standard InChI is InChI=1S/C30H37N6O4/c31-28(39)25-19-22(13-16-32-25)11-12-27(38)34-17-14-30(15-18-34)29(40)35(21-36(30)24-9-5-2-6-10-24)20-26(37)33-23-7-3-1-4-8-23/h2,5-6,9-10,12-13,16,19,23H,1,3-4,7-8,11,14-15,17-18,20-21H2,(H2,31,39)(H,33,37). The molecule has 10 nitrogen and oxygen atoms in total. The number of rotatable bonds is 8. The molecule has 1 spiro atoms. The number of nitrogens with one attached hydrogen (secondary N) is 1. The molecule has 0 bridgehead atoms. The number of benzene rings is 1. The normalized spacial score (nSPS) is 19.2. The van der Waals surface area contributed by atoms with Crippen molar-refractivity contribution >= 4 is 29.3 Å². The number of carbonyl (C=O) groups is 4. The summed E-state index contributed by atoms with van der Waals surface area (Å²) in [5.74, 6) is -0.892. The zero-order valence-corrected chi connectivity index (χ0v) is 22.8. The van der Waals surface area contributed by atoms with Gasteiger partial charge < -0.3 is 25.8 Å². The fourth-order valence-electron chi connectivity index (χ4n) is 6.18. The number of nitrogens with zero attached hydrogens (tertiary/aromatic N) is 4. The number of pyridine rings is 1. The lowest BCUT2D eigenvalue weighted by Gasteiger charge is -2.43. The van der Waals surface area contributed by atoms with Gasteiger partial charge in [-0.15, -0.1) is 0 Å². The number of aromatic nitrogens is 1. The van der Waals surface area contributed by atoms with Crippen LogP contribution in [-0.2, 0) is 20.8 Å². The van der Waals surface area contributed by atoms with E-state index in [9.17, 15) is 19.2 Å². The van der Waals surface area contributed by atoms with Crippen LogP contribution in [0.1, 0.15) is 61.0 Å². The number of para-hydroxylation sites is 1. The van der Waals surface area contributed by atoms with Gasteiger partial charge in [0.1, 0.15) is 17.8 Å². The van der Waals surface area contributed by atoms with Crippen LogP contribution >= 0.6 is 0 Å². The van der Waals surface area contributed by atoms with Crippen LogP contribution in [0.5, 0.6) is 0 Å². The fourth-order valence-corrected chi connectivity index (χ4v) is 6.18. The van der Waals surface area contributed by atoms with Crippen molar-refractivity contribution in [3.63, 3.8) is 0 Å². The number of amides is 4. The lowest BCUT2D eigenvalue weighted by Crippen LogP contribution is -2.57. The average molecular weight is 546 g/mol. The van der Waals surface area contributed by atoms with Gasteiger partial charge in [-0.2, -0.15) is 0 Å². The molecule has 0 atom stereocenters. The van der Waals surface area contributed by atoms with Crippen molar-refractivity contribution in [3.05, 3.63) is 66.3 Å². The number of likely N-dealkylation sites (tertiary alicyclic amines) is 1. The number of primary amides is 1. The van der Waals surface area contributed by atoms with Crippen LogP contribution in [0.4, 0.5) is 5.69 Å². The fraction of sp³-hybridized carbons (Fsp3) is 0.467. The van der Waals surface area contributed by atoms with Gasteiger partial charge in [-0.3, -0.25) is 24.2 Å². The highest BCUT2D eigenvalue weighted by Gasteiger charge is 2.54. The molecule has 3 heterocycles.